The Hall–Kier alpha value is -0.580. The number of nitrogens with zero attached hydrogens (tertiary/aromatic N) is 2. The fraction of sp³-hybridized carbons (Fsp3) is 0.286. The zero-order chi connectivity index (χ0) is 13.8. The van der Waals surface area contributed by atoms with Crippen LogP contribution in [0.25, 0.3) is 0 Å². The molecule has 2 rings (SSSR count). The van der Waals surface area contributed by atoms with Crippen LogP contribution >= 0.6 is 39.3 Å². The number of rotatable bonds is 4. The summed E-state index contributed by atoms with van der Waals surface area (Å²) < 4.78 is 1.09. The van der Waals surface area contributed by atoms with E-state index in [4.69, 9.17) is 11.6 Å². The first-order chi connectivity index (χ1) is 9.06. The lowest BCUT2D eigenvalue weighted by molar-refractivity contribution is 0.924. The van der Waals surface area contributed by atoms with Gasteiger partial charge in [-0.15, -0.1) is 23.4 Å². The maximum atomic E-state index is 6.06. The summed E-state index contributed by atoms with van der Waals surface area (Å²) in [5.41, 5.74) is 1.96. The van der Waals surface area contributed by atoms with Gasteiger partial charge in [-0.05, 0) is 38.1 Å². The van der Waals surface area contributed by atoms with Crippen molar-refractivity contribution in [2.45, 2.75) is 29.9 Å². The van der Waals surface area contributed by atoms with E-state index in [0.29, 0.717) is 0 Å². The molecule has 0 fully saturated rings. The molecule has 1 aromatic carbocycles. The van der Waals surface area contributed by atoms with E-state index in [-0.39, 0.29) is 5.38 Å². The van der Waals surface area contributed by atoms with Gasteiger partial charge in [0.15, 0.2) is 0 Å². The maximum absolute atomic E-state index is 6.06. The number of thioether (sulfide) groups is 1. The fourth-order valence-corrected chi connectivity index (χ4v) is 2.91. The smallest absolute Gasteiger partial charge is 0.138 e. The molecule has 1 aromatic heterocycles. The SMILES string of the molecule is Cc1nc(CSc2ccc(Br)cc2)ncc1C(C)Cl. The molecular formula is C14H14BrClN2S. The Balaban J connectivity index is 2.04. The third-order valence-electron chi connectivity index (χ3n) is 2.68. The normalized spacial score (nSPS) is 12.4. The Bertz CT molecular complexity index is 558. The highest BCUT2D eigenvalue weighted by Crippen LogP contribution is 2.25. The molecule has 2 nitrogen and oxygen atoms in total. The largest absolute Gasteiger partial charge is 0.240 e. The maximum Gasteiger partial charge on any atom is 0.138 e. The third kappa shape index (κ3) is 4.20. The van der Waals surface area contributed by atoms with Crippen molar-refractivity contribution in [2.75, 3.05) is 0 Å². The predicted molar refractivity (Wildman–Crippen MR) is 84.7 cm³/mol. The molecule has 0 aliphatic rings. The summed E-state index contributed by atoms with van der Waals surface area (Å²) in [6, 6.07) is 8.23. The zero-order valence-electron chi connectivity index (χ0n) is 10.7. The second-order valence-electron chi connectivity index (χ2n) is 4.19. The Kier molecular flexibility index (Phi) is 5.25. The van der Waals surface area contributed by atoms with Gasteiger partial charge in [0.1, 0.15) is 5.82 Å². The van der Waals surface area contributed by atoms with Crippen molar-refractivity contribution in [3.8, 4) is 0 Å². The average Bonchev–Trinajstić information content (AvgIpc) is 2.37. The predicted octanol–water partition coefficient (Wildman–Crippen LogP) is 5.14. The van der Waals surface area contributed by atoms with Gasteiger partial charge in [-0.25, -0.2) is 9.97 Å². The monoisotopic (exact) mass is 356 g/mol. The molecule has 0 bridgehead atoms. The lowest BCUT2D eigenvalue weighted by Gasteiger charge is -2.08. The van der Waals surface area contributed by atoms with E-state index in [1.165, 1.54) is 4.90 Å². The number of halogens is 2. The molecule has 19 heavy (non-hydrogen) atoms. The van der Waals surface area contributed by atoms with Gasteiger partial charge in [0.25, 0.3) is 0 Å². The van der Waals surface area contributed by atoms with Gasteiger partial charge >= 0.3 is 0 Å². The van der Waals surface area contributed by atoms with Crippen molar-refractivity contribution >= 4 is 39.3 Å². The van der Waals surface area contributed by atoms with Crippen molar-refractivity contribution in [1.29, 1.82) is 0 Å². The lowest BCUT2D eigenvalue weighted by atomic mass is 10.2. The van der Waals surface area contributed by atoms with Crippen molar-refractivity contribution in [3.05, 3.63) is 52.0 Å². The van der Waals surface area contributed by atoms with Gasteiger partial charge in [0, 0.05) is 26.8 Å². The summed E-state index contributed by atoms with van der Waals surface area (Å²) in [7, 11) is 0. The number of hydrogen-bond acceptors (Lipinski definition) is 3. The molecule has 1 unspecified atom stereocenters. The molecule has 1 heterocycles. The van der Waals surface area contributed by atoms with Crippen LogP contribution in [0.1, 0.15) is 29.4 Å². The van der Waals surface area contributed by atoms with Crippen LogP contribution in [-0.4, -0.2) is 9.97 Å². The number of benzene rings is 1. The van der Waals surface area contributed by atoms with Gasteiger partial charge in [-0.1, -0.05) is 15.9 Å². The summed E-state index contributed by atoms with van der Waals surface area (Å²) in [5.74, 6) is 1.60. The van der Waals surface area contributed by atoms with Crippen LogP contribution in [0.4, 0.5) is 0 Å². The Morgan fingerprint density at radius 3 is 2.58 bits per heavy atom. The number of alkyl halides is 1. The van der Waals surface area contributed by atoms with E-state index >= 15 is 0 Å². The number of aryl methyl sites for hydroxylation is 1. The summed E-state index contributed by atoms with van der Waals surface area (Å²) in [6.07, 6.45) is 1.83. The van der Waals surface area contributed by atoms with Gasteiger partial charge in [0.05, 0.1) is 11.1 Å². The molecular weight excluding hydrogens is 344 g/mol. The lowest BCUT2D eigenvalue weighted by Crippen LogP contribution is -2.00. The molecule has 0 amide bonds. The van der Waals surface area contributed by atoms with E-state index in [0.717, 1.165) is 27.3 Å². The van der Waals surface area contributed by atoms with Crippen molar-refractivity contribution in [1.82, 2.24) is 9.97 Å². The van der Waals surface area contributed by atoms with Gasteiger partial charge in [-0.3, -0.25) is 0 Å². The van der Waals surface area contributed by atoms with Crippen molar-refractivity contribution in [2.24, 2.45) is 0 Å². The first-order valence-electron chi connectivity index (χ1n) is 5.91. The minimum atomic E-state index is -0.0480. The van der Waals surface area contributed by atoms with Gasteiger partial charge in [0.2, 0.25) is 0 Å². The van der Waals surface area contributed by atoms with Crippen LogP contribution < -0.4 is 0 Å². The fourth-order valence-electron chi connectivity index (χ4n) is 1.66. The number of aromatic nitrogens is 2. The highest BCUT2D eigenvalue weighted by Gasteiger charge is 2.08. The molecule has 1 atom stereocenters. The molecule has 5 heteroatoms. The average molecular weight is 358 g/mol. The minimum absolute atomic E-state index is 0.0480. The van der Waals surface area contributed by atoms with E-state index in [1.54, 1.807) is 11.8 Å². The molecule has 0 aliphatic heterocycles. The second kappa shape index (κ2) is 6.73. The van der Waals surface area contributed by atoms with Crippen LogP contribution in [0.15, 0.2) is 39.8 Å². The minimum Gasteiger partial charge on any atom is -0.240 e. The van der Waals surface area contributed by atoms with Crippen LogP contribution in [0.2, 0.25) is 0 Å². The van der Waals surface area contributed by atoms with Crippen LogP contribution in [0.5, 0.6) is 0 Å². The molecule has 0 saturated heterocycles. The summed E-state index contributed by atoms with van der Waals surface area (Å²) in [5, 5.41) is -0.0480. The highest BCUT2D eigenvalue weighted by atomic mass is 79.9. The van der Waals surface area contributed by atoms with Crippen LogP contribution in [0.3, 0.4) is 0 Å². The summed E-state index contributed by atoms with van der Waals surface area (Å²) in [4.78, 5) is 10.1. The number of hydrogen-bond donors (Lipinski definition) is 0. The molecule has 0 saturated carbocycles. The van der Waals surface area contributed by atoms with E-state index < -0.39 is 0 Å². The first kappa shape index (κ1) is 14.8. The Labute approximate surface area is 131 Å². The van der Waals surface area contributed by atoms with Crippen molar-refractivity contribution < 1.29 is 0 Å². The Morgan fingerprint density at radius 2 is 2.00 bits per heavy atom. The summed E-state index contributed by atoms with van der Waals surface area (Å²) >= 11 is 11.2. The third-order valence-corrected chi connectivity index (χ3v) is 4.45. The first-order valence-corrected chi connectivity index (χ1v) is 8.12. The van der Waals surface area contributed by atoms with Crippen LogP contribution in [0, 0.1) is 6.92 Å². The summed E-state index contributed by atoms with van der Waals surface area (Å²) in [6.45, 7) is 3.91. The topological polar surface area (TPSA) is 25.8 Å². The molecule has 0 N–H and O–H groups in total. The second-order valence-corrected chi connectivity index (χ2v) is 6.80. The van der Waals surface area contributed by atoms with Gasteiger partial charge < -0.3 is 0 Å². The van der Waals surface area contributed by atoms with E-state index in [1.807, 2.05) is 32.2 Å². The molecule has 0 aliphatic carbocycles. The molecule has 2 aromatic rings. The zero-order valence-corrected chi connectivity index (χ0v) is 13.9. The van der Waals surface area contributed by atoms with Crippen LogP contribution in [-0.2, 0) is 5.75 Å². The van der Waals surface area contributed by atoms with Crippen molar-refractivity contribution in [3.63, 3.8) is 0 Å². The Morgan fingerprint density at radius 1 is 1.32 bits per heavy atom. The molecule has 0 radical (unpaired) electrons. The molecule has 100 valence electrons. The molecule has 0 spiro atoms. The van der Waals surface area contributed by atoms with E-state index in [2.05, 4.69) is 38.0 Å². The standard InChI is InChI=1S/C14H14BrClN2S/c1-9(16)13-7-17-14(18-10(13)2)8-19-12-5-3-11(15)4-6-12/h3-7,9H,8H2,1-2H3. The van der Waals surface area contributed by atoms with E-state index in [9.17, 15) is 0 Å². The highest BCUT2D eigenvalue weighted by molar-refractivity contribution is 9.10. The van der Waals surface area contributed by atoms with Gasteiger partial charge in [-0.2, -0.15) is 0 Å². The quantitative estimate of drug-likeness (QED) is 0.559.